The summed E-state index contributed by atoms with van der Waals surface area (Å²) in [6.45, 7) is 0. The first kappa shape index (κ1) is 14.7. The van der Waals surface area contributed by atoms with Gasteiger partial charge >= 0.3 is 0 Å². The molecule has 8 aromatic rings. The standard InChI is InChI=1S/C38H24O/c1-3-11-25(12-4-1)27-19-21-35-33(23-27)34-24-28(20-22-36(34)39-35)38-31-17-9-7-15-29(31)37(26-13-5-2-6-14-26)30-16-8-10-18-32(30)38/h1-24H/i2D,3D,4D,5D,6D,11D,12D,13D,14D. The highest BCUT2D eigenvalue weighted by molar-refractivity contribution is 6.22. The molecule has 0 saturated carbocycles. The molecule has 0 radical (unpaired) electrons. The molecule has 0 unspecified atom stereocenters. The molecule has 0 amide bonds. The topological polar surface area (TPSA) is 13.1 Å². The Labute approximate surface area is 239 Å². The zero-order valence-corrected chi connectivity index (χ0v) is 20.6. The molecule has 0 atom stereocenters. The molecule has 7 aromatic carbocycles. The Morgan fingerprint density at radius 1 is 0.385 bits per heavy atom. The quantitative estimate of drug-likeness (QED) is 0.218. The lowest BCUT2D eigenvalue weighted by atomic mass is 9.86. The van der Waals surface area contributed by atoms with Gasteiger partial charge < -0.3 is 4.42 Å². The second kappa shape index (κ2) is 8.72. The van der Waals surface area contributed by atoms with Crippen LogP contribution in [0.1, 0.15) is 12.3 Å². The van der Waals surface area contributed by atoms with E-state index in [2.05, 4.69) is 0 Å². The first-order valence-corrected chi connectivity index (χ1v) is 12.6. The van der Waals surface area contributed by atoms with Crippen molar-refractivity contribution < 1.29 is 16.8 Å². The van der Waals surface area contributed by atoms with E-state index in [1.54, 1.807) is 12.1 Å². The van der Waals surface area contributed by atoms with E-state index in [4.69, 9.17) is 16.8 Å². The average Bonchev–Trinajstić information content (AvgIpc) is 3.46. The van der Waals surface area contributed by atoms with Crippen LogP contribution in [-0.4, -0.2) is 0 Å². The number of hydrogen-bond donors (Lipinski definition) is 0. The molecular formula is C38H24O. The maximum atomic E-state index is 8.79. The Morgan fingerprint density at radius 2 is 0.872 bits per heavy atom. The molecule has 0 bridgehead atoms. The SMILES string of the molecule is [2H]c1cc([2H])c([2H])c(-c2ccc3oc4ccc(-c5c6ccccc6c(-c6c([2H])c([2H])c([2H])c([2H])c6[2H])c6ccccc56)cc4c3c2)c1[2H]. The van der Waals surface area contributed by atoms with Crippen molar-refractivity contribution >= 4 is 43.5 Å². The second-order valence-electron chi connectivity index (χ2n) is 9.42. The van der Waals surface area contributed by atoms with Gasteiger partial charge in [-0.1, -0.05) is 121 Å². The second-order valence-corrected chi connectivity index (χ2v) is 9.42. The fourth-order valence-corrected chi connectivity index (χ4v) is 5.60. The molecule has 0 N–H and O–H groups in total. The molecular weight excluding hydrogens is 472 g/mol. The zero-order valence-electron chi connectivity index (χ0n) is 29.6. The molecule has 1 aromatic heterocycles. The van der Waals surface area contributed by atoms with Gasteiger partial charge in [-0.2, -0.15) is 0 Å². The summed E-state index contributed by atoms with van der Waals surface area (Å²) in [5.74, 6) is 0. The van der Waals surface area contributed by atoms with Gasteiger partial charge in [-0.25, -0.2) is 0 Å². The highest BCUT2D eigenvalue weighted by atomic mass is 16.3. The number of rotatable bonds is 3. The maximum absolute atomic E-state index is 8.79. The summed E-state index contributed by atoms with van der Waals surface area (Å²) in [6, 6.07) is 25.7. The number of benzene rings is 7. The van der Waals surface area contributed by atoms with Crippen LogP contribution in [0.3, 0.4) is 0 Å². The minimum atomic E-state index is -0.437. The van der Waals surface area contributed by atoms with Crippen molar-refractivity contribution in [3.63, 3.8) is 0 Å². The van der Waals surface area contributed by atoms with E-state index in [-0.39, 0.29) is 59.5 Å². The lowest BCUT2D eigenvalue weighted by Crippen LogP contribution is -1.90. The van der Waals surface area contributed by atoms with Crippen LogP contribution in [0.25, 0.3) is 76.9 Å². The third-order valence-corrected chi connectivity index (χ3v) is 7.27. The predicted molar refractivity (Wildman–Crippen MR) is 165 cm³/mol. The van der Waals surface area contributed by atoms with Crippen molar-refractivity contribution in [2.24, 2.45) is 0 Å². The summed E-state index contributed by atoms with van der Waals surface area (Å²) in [5, 5.41) is 4.75. The average molecular weight is 506 g/mol. The van der Waals surface area contributed by atoms with Crippen molar-refractivity contribution in [3.8, 4) is 33.4 Å². The number of hydrogen-bond acceptors (Lipinski definition) is 1. The molecule has 0 spiro atoms. The van der Waals surface area contributed by atoms with Crippen LogP contribution in [0.4, 0.5) is 0 Å². The van der Waals surface area contributed by atoms with Crippen molar-refractivity contribution in [1.82, 2.24) is 0 Å². The van der Waals surface area contributed by atoms with E-state index in [9.17, 15) is 0 Å². The molecule has 8 rings (SSSR count). The minimum absolute atomic E-state index is 0.110. The summed E-state index contributed by atoms with van der Waals surface area (Å²) in [5.41, 5.74) is 4.54. The summed E-state index contributed by atoms with van der Waals surface area (Å²) >= 11 is 0. The summed E-state index contributed by atoms with van der Waals surface area (Å²) in [6.07, 6.45) is 0. The normalized spacial score (nSPS) is 14.8. The minimum Gasteiger partial charge on any atom is -0.456 e. The van der Waals surface area contributed by atoms with Gasteiger partial charge in [0.2, 0.25) is 0 Å². The Morgan fingerprint density at radius 3 is 1.46 bits per heavy atom. The lowest BCUT2D eigenvalue weighted by molar-refractivity contribution is 0.669. The van der Waals surface area contributed by atoms with Gasteiger partial charge in [-0.15, -0.1) is 0 Å². The van der Waals surface area contributed by atoms with E-state index < -0.39 is 6.04 Å². The molecule has 182 valence electrons. The van der Waals surface area contributed by atoms with Crippen LogP contribution < -0.4 is 0 Å². The van der Waals surface area contributed by atoms with E-state index in [1.165, 1.54) is 6.07 Å². The number of furan rings is 1. The molecule has 1 nitrogen and oxygen atoms in total. The molecule has 0 aliphatic carbocycles. The smallest absolute Gasteiger partial charge is 0.135 e. The fourth-order valence-electron chi connectivity index (χ4n) is 5.60. The van der Waals surface area contributed by atoms with Crippen molar-refractivity contribution in [2.45, 2.75) is 0 Å². The molecule has 0 saturated heterocycles. The zero-order chi connectivity index (χ0) is 33.6. The first-order valence-electron chi connectivity index (χ1n) is 17.1. The Hall–Kier alpha value is -5.14. The van der Waals surface area contributed by atoms with Crippen molar-refractivity contribution in [2.75, 3.05) is 0 Å². The van der Waals surface area contributed by atoms with E-state index in [1.807, 2.05) is 72.8 Å². The van der Waals surface area contributed by atoms with Crippen LogP contribution in [0, 0.1) is 0 Å². The Kier molecular flexibility index (Phi) is 3.29. The summed E-state index contributed by atoms with van der Waals surface area (Å²) in [4.78, 5) is 0. The van der Waals surface area contributed by atoms with E-state index in [0.29, 0.717) is 22.3 Å². The molecule has 0 aliphatic rings. The largest absolute Gasteiger partial charge is 0.456 e. The van der Waals surface area contributed by atoms with Crippen LogP contribution >= 0.6 is 0 Å². The van der Waals surface area contributed by atoms with Gasteiger partial charge in [-0.3, -0.25) is 0 Å². The lowest BCUT2D eigenvalue weighted by Gasteiger charge is -2.17. The molecule has 1 heteroatoms. The molecule has 39 heavy (non-hydrogen) atoms. The molecule has 0 aliphatic heterocycles. The van der Waals surface area contributed by atoms with Crippen molar-refractivity contribution in [1.29, 1.82) is 0 Å². The first-order chi connectivity index (χ1) is 23.1. The summed E-state index contributed by atoms with van der Waals surface area (Å²) in [7, 11) is 0. The van der Waals surface area contributed by atoms with E-state index >= 15 is 0 Å². The Balaban J connectivity index is 1.43. The van der Waals surface area contributed by atoms with Crippen LogP contribution in [-0.2, 0) is 0 Å². The Bertz CT molecular complexity index is 2560. The van der Waals surface area contributed by atoms with Crippen LogP contribution in [0.5, 0.6) is 0 Å². The van der Waals surface area contributed by atoms with E-state index in [0.717, 1.165) is 43.4 Å². The fraction of sp³-hybridized carbons (Fsp3) is 0. The highest BCUT2D eigenvalue weighted by Gasteiger charge is 2.17. The third-order valence-electron chi connectivity index (χ3n) is 7.27. The number of fused-ring (bicyclic) bond motifs is 5. The van der Waals surface area contributed by atoms with Gasteiger partial charge in [0.1, 0.15) is 11.2 Å². The van der Waals surface area contributed by atoms with Gasteiger partial charge in [0, 0.05) is 10.8 Å². The van der Waals surface area contributed by atoms with Crippen LogP contribution in [0.2, 0.25) is 0 Å². The maximum Gasteiger partial charge on any atom is 0.135 e. The third kappa shape index (κ3) is 3.48. The summed E-state index contributed by atoms with van der Waals surface area (Å²) < 4.78 is 81.9. The van der Waals surface area contributed by atoms with Gasteiger partial charge in [0.25, 0.3) is 0 Å². The van der Waals surface area contributed by atoms with Crippen molar-refractivity contribution in [3.05, 3.63) is 145 Å². The molecule has 1 heterocycles. The highest BCUT2D eigenvalue weighted by Crippen LogP contribution is 2.44. The van der Waals surface area contributed by atoms with Gasteiger partial charge in [0.15, 0.2) is 0 Å². The van der Waals surface area contributed by atoms with Crippen LogP contribution in [0.15, 0.2) is 150 Å². The van der Waals surface area contributed by atoms with Gasteiger partial charge in [0.05, 0.1) is 12.3 Å². The predicted octanol–water partition coefficient (Wildman–Crippen LogP) is 10.9. The molecule has 0 fully saturated rings. The van der Waals surface area contributed by atoms with Gasteiger partial charge in [-0.05, 0) is 79.2 Å². The monoisotopic (exact) mass is 505 g/mol.